The summed E-state index contributed by atoms with van der Waals surface area (Å²) in [6.07, 6.45) is 1.24. The van der Waals surface area contributed by atoms with Crippen LogP contribution in [0.2, 0.25) is 0 Å². The lowest BCUT2D eigenvalue weighted by atomic mass is 10.2. The number of nitrogens with zero attached hydrogens (tertiary/aromatic N) is 2. The largest absolute Gasteiger partial charge is 0.465 e. The number of aryl methyl sites for hydroxylation is 1. The summed E-state index contributed by atoms with van der Waals surface area (Å²) in [6, 6.07) is 8.64. The number of hydrogen-bond acceptors (Lipinski definition) is 6. The van der Waals surface area contributed by atoms with Crippen LogP contribution in [0.5, 0.6) is 0 Å². The van der Waals surface area contributed by atoms with Crippen LogP contribution in [0.4, 0.5) is 17.2 Å². The molecule has 2 heterocycles. The van der Waals surface area contributed by atoms with Gasteiger partial charge in [0.1, 0.15) is 0 Å². The number of benzene rings is 1. The number of H-pyrrole nitrogens is 1. The number of aromatic amines is 1. The number of ether oxygens (including phenoxy) is 1. The first-order chi connectivity index (χ1) is 11.5. The summed E-state index contributed by atoms with van der Waals surface area (Å²) >= 11 is 0. The number of pyridine rings is 1. The third-order valence-corrected chi connectivity index (χ3v) is 3.50. The van der Waals surface area contributed by atoms with Crippen LogP contribution in [0.25, 0.3) is 10.9 Å². The minimum absolute atomic E-state index is 0.0199. The molecule has 122 valence electrons. The molecule has 0 bridgehead atoms. The molecule has 2 aromatic heterocycles. The molecule has 3 rings (SSSR count). The monoisotopic (exact) mass is 326 g/mol. The van der Waals surface area contributed by atoms with Gasteiger partial charge in [0, 0.05) is 34.5 Å². The Morgan fingerprint density at radius 3 is 2.83 bits per heavy atom. The molecule has 0 amide bonds. The van der Waals surface area contributed by atoms with Crippen LogP contribution in [0.15, 0.2) is 36.5 Å². The van der Waals surface area contributed by atoms with E-state index in [1.54, 1.807) is 6.07 Å². The zero-order valence-electron chi connectivity index (χ0n) is 13.0. The summed E-state index contributed by atoms with van der Waals surface area (Å²) in [6.45, 7) is 1.95. The first-order valence-corrected chi connectivity index (χ1v) is 7.07. The minimum Gasteiger partial charge on any atom is -0.465 e. The van der Waals surface area contributed by atoms with Gasteiger partial charge in [0.05, 0.1) is 17.6 Å². The molecular weight excluding hydrogens is 312 g/mol. The maximum atomic E-state index is 11.5. The molecule has 0 saturated heterocycles. The fourth-order valence-electron chi connectivity index (χ4n) is 2.41. The Hall–Kier alpha value is -3.42. The lowest BCUT2D eigenvalue weighted by Gasteiger charge is -2.07. The molecule has 0 fully saturated rings. The van der Waals surface area contributed by atoms with Crippen LogP contribution in [0, 0.1) is 17.0 Å². The zero-order chi connectivity index (χ0) is 17.3. The van der Waals surface area contributed by atoms with E-state index in [9.17, 15) is 14.9 Å². The summed E-state index contributed by atoms with van der Waals surface area (Å²) in [5, 5.41) is 15.2. The van der Waals surface area contributed by atoms with E-state index in [0.717, 1.165) is 22.7 Å². The minimum atomic E-state index is -0.679. The van der Waals surface area contributed by atoms with Crippen molar-refractivity contribution in [3.05, 3.63) is 57.9 Å². The molecule has 1 aromatic carbocycles. The van der Waals surface area contributed by atoms with Crippen molar-refractivity contribution < 1.29 is 14.5 Å². The highest BCUT2D eigenvalue weighted by Crippen LogP contribution is 2.28. The van der Waals surface area contributed by atoms with Crippen LogP contribution in [0.3, 0.4) is 0 Å². The number of aromatic nitrogens is 2. The molecule has 0 saturated carbocycles. The molecular formula is C16H14N4O4. The maximum Gasteiger partial charge on any atom is 0.339 e. The third-order valence-electron chi connectivity index (χ3n) is 3.50. The number of esters is 1. The second-order valence-electron chi connectivity index (χ2n) is 5.22. The Morgan fingerprint density at radius 2 is 2.12 bits per heavy atom. The highest BCUT2D eigenvalue weighted by atomic mass is 16.6. The van der Waals surface area contributed by atoms with Gasteiger partial charge in [-0.05, 0) is 31.2 Å². The van der Waals surface area contributed by atoms with Gasteiger partial charge in [-0.2, -0.15) is 0 Å². The molecule has 8 heteroatoms. The number of rotatable bonds is 4. The molecule has 8 nitrogen and oxygen atoms in total. The molecule has 0 aliphatic rings. The number of anilines is 2. The van der Waals surface area contributed by atoms with Gasteiger partial charge < -0.3 is 15.0 Å². The summed E-state index contributed by atoms with van der Waals surface area (Å²) in [5.74, 6) is -0.624. The van der Waals surface area contributed by atoms with E-state index in [2.05, 4.69) is 20.0 Å². The van der Waals surface area contributed by atoms with Gasteiger partial charge in [-0.25, -0.2) is 9.78 Å². The molecule has 0 radical (unpaired) electrons. The van der Waals surface area contributed by atoms with Crippen LogP contribution in [-0.4, -0.2) is 28.0 Å². The number of carbonyl (C=O) groups excluding carboxylic acids is 1. The van der Waals surface area contributed by atoms with Crippen molar-refractivity contribution in [2.24, 2.45) is 0 Å². The lowest BCUT2D eigenvalue weighted by Crippen LogP contribution is -2.06. The van der Waals surface area contributed by atoms with Crippen molar-refractivity contribution in [3.8, 4) is 0 Å². The SMILES string of the molecule is COC(=O)c1cnc(Nc2ccc3[nH]c(C)cc3c2)c([N+](=O)[O-])c1. The Morgan fingerprint density at radius 1 is 1.33 bits per heavy atom. The Bertz CT molecular complexity index is 948. The standard InChI is InChI=1S/C16H14N4O4/c1-9-5-10-6-12(3-4-13(10)18-9)19-15-14(20(22)23)7-11(8-17-15)16(21)24-2/h3-8,18H,1-2H3,(H,17,19). The van der Waals surface area contributed by atoms with E-state index in [0.29, 0.717) is 5.69 Å². The summed E-state index contributed by atoms with van der Waals surface area (Å²) in [5.41, 5.74) is 2.37. The third kappa shape index (κ3) is 2.89. The summed E-state index contributed by atoms with van der Waals surface area (Å²) < 4.78 is 4.55. The normalized spacial score (nSPS) is 10.6. The molecule has 0 atom stereocenters. The van der Waals surface area contributed by atoms with Crippen LogP contribution >= 0.6 is 0 Å². The van der Waals surface area contributed by atoms with Gasteiger partial charge in [0.25, 0.3) is 0 Å². The van der Waals surface area contributed by atoms with E-state index < -0.39 is 10.9 Å². The first-order valence-electron chi connectivity index (χ1n) is 7.07. The smallest absolute Gasteiger partial charge is 0.339 e. The molecule has 0 unspecified atom stereocenters. The molecule has 0 spiro atoms. The van der Waals surface area contributed by atoms with Crippen molar-refractivity contribution >= 4 is 34.1 Å². The predicted octanol–water partition coefficient (Wildman–Crippen LogP) is 3.31. The van der Waals surface area contributed by atoms with Gasteiger partial charge in [-0.3, -0.25) is 10.1 Å². The first kappa shape index (κ1) is 15.5. The van der Waals surface area contributed by atoms with E-state index >= 15 is 0 Å². The molecule has 2 N–H and O–H groups in total. The zero-order valence-corrected chi connectivity index (χ0v) is 13.0. The van der Waals surface area contributed by atoms with Gasteiger partial charge in [0.15, 0.2) is 0 Å². The molecule has 0 aliphatic carbocycles. The summed E-state index contributed by atoms with van der Waals surface area (Å²) in [7, 11) is 1.20. The number of nitro groups is 1. The lowest BCUT2D eigenvalue weighted by molar-refractivity contribution is -0.384. The molecule has 24 heavy (non-hydrogen) atoms. The van der Waals surface area contributed by atoms with Crippen LogP contribution in [-0.2, 0) is 4.74 Å². The number of methoxy groups -OCH3 is 1. The van der Waals surface area contributed by atoms with Crippen molar-refractivity contribution in [1.29, 1.82) is 0 Å². The number of fused-ring (bicyclic) bond motifs is 1. The number of hydrogen-bond donors (Lipinski definition) is 2. The van der Waals surface area contributed by atoms with Crippen molar-refractivity contribution in [1.82, 2.24) is 9.97 Å². The van der Waals surface area contributed by atoms with Gasteiger partial charge in [-0.1, -0.05) is 0 Å². The second-order valence-corrected chi connectivity index (χ2v) is 5.22. The molecule has 0 aliphatic heterocycles. The van der Waals surface area contributed by atoms with Crippen molar-refractivity contribution in [3.63, 3.8) is 0 Å². The highest BCUT2D eigenvalue weighted by Gasteiger charge is 2.19. The van der Waals surface area contributed by atoms with Gasteiger partial charge in [0.2, 0.25) is 5.82 Å². The predicted molar refractivity (Wildman–Crippen MR) is 88.5 cm³/mol. The average Bonchev–Trinajstić information content (AvgIpc) is 2.93. The van der Waals surface area contributed by atoms with E-state index in [1.807, 2.05) is 25.1 Å². The highest BCUT2D eigenvalue weighted by molar-refractivity contribution is 5.91. The number of nitrogens with one attached hydrogen (secondary N) is 2. The van der Waals surface area contributed by atoms with Crippen LogP contribution < -0.4 is 5.32 Å². The van der Waals surface area contributed by atoms with Crippen LogP contribution in [0.1, 0.15) is 16.1 Å². The van der Waals surface area contributed by atoms with Gasteiger partial charge in [-0.15, -0.1) is 0 Å². The summed E-state index contributed by atoms with van der Waals surface area (Å²) in [4.78, 5) is 29.4. The average molecular weight is 326 g/mol. The fourth-order valence-corrected chi connectivity index (χ4v) is 2.41. The Kier molecular flexibility index (Phi) is 3.87. The van der Waals surface area contributed by atoms with Crippen molar-refractivity contribution in [2.75, 3.05) is 12.4 Å². The molecule has 3 aromatic rings. The topological polar surface area (TPSA) is 110 Å². The van der Waals surface area contributed by atoms with Gasteiger partial charge >= 0.3 is 11.7 Å². The quantitative estimate of drug-likeness (QED) is 0.432. The Balaban J connectivity index is 1.98. The maximum absolute atomic E-state index is 11.5. The Labute approximate surface area is 136 Å². The fraction of sp³-hybridized carbons (Fsp3) is 0.125. The van der Waals surface area contributed by atoms with E-state index in [1.165, 1.54) is 13.3 Å². The van der Waals surface area contributed by atoms with E-state index in [-0.39, 0.29) is 17.1 Å². The number of carbonyl (C=O) groups is 1. The van der Waals surface area contributed by atoms with E-state index in [4.69, 9.17) is 0 Å². The second kappa shape index (κ2) is 5.99. The van der Waals surface area contributed by atoms with Crippen molar-refractivity contribution in [2.45, 2.75) is 6.92 Å².